The molecule has 1 fully saturated rings. The Hall–Kier alpha value is -2.14. The molecule has 126 valence electrons. The molecule has 3 rings (SSSR count). The summed E-state index contributed by atoms with van der Waals surface area (Å²) in [4.78, 5) is 25.3. The minimum absolute atomic E-state index is 0.0685. The van der Waals surface area contributed by atoms with Gasteiger partial charge < -0.3 is 10.6 Å². The maximum Gasteiger partial charge on any atom is 0.265 e. The Morgan fingerprint density at radius 2 is 1.92 bits per heavy atom. The fraction of sp³-hybridized carbons (Fsp3) is 0.368. The van der Waals surface area contributed by atoms with Crippen LogP contribution in [0.25, 0.3) is 0 Å². The standard InChI is InChI=1S/C19H22N2O2S/c1-13-6-2-3-9-16(13)21-18(22)14-7-4-8-15(12-14)20-19(23)17-10-5-11-24-17/h4-5,7-8,10-13,16H,2-3,6,9H2,1H3,(H,20,23)(H,21,22)/t13-,16-/m1/s1. The molecular formula is C19H22N2O2S. The summed E-state index contributed by atoms with van der Waals surface area (Å²) < 4.78 is 0. The molecule has 1 heterocycles. The molecule has 0 saturated heterocycles. The highest BCUT2D eigenvalue weighted by molar-refractivity contribution is 7.12. The van der Waals surface area contributed by atoms with Crippen molar-refractivity contribution in [2.45, 2.75) is 38.6 Å². The van der Waals surface area contributed by atoms with E-state index in [1.54, 1.807) is 30.3 Å². The lowest BCUT2D eigenvalue weighted by Crippen LogP contribution is -2.41. The SMILES string of the molecule is C[C@@H]1CCCC[C@H]1NC(=O)c1cccc(NC(=O)c2cccs2)c1. The van der Waals surface area contributed by atoms with Crippen molar-refractivity contribution in [3.05, 3.63) is 52.2 Å². The Morgan fingerprint density at radius 3 is 2.67 bits per heavy atom. The normalized spacial score (nSPS) is 20.4. The first kappa shape index (κ1) is 16.7. The molecule has 1 aliphatic carbocycles. The number of rotatable bonds is 4. The third-order valence-electron chi connectivity index (χ3n) is 4.56. The minimum atomic E-state index is -0.150. The van der Waals surface area contributed by atoms with Gasteiger partial charge in [0.1, 0.15) is 0 Å². The molecule has 24 heavy (non-hydrogen) atoms. The fourth-order valence-corrected chi connectivity index (χ4v) is 3.74. The van der Waals surface area contributed by atoms with Crippen molar-refractivity contribution in [3.8, 4) is 0 Å². The molecule has 0 unspecified atom stereocenters. The molecule has 0 aliphatic heterocycles. The number of hydrogen-bond donors (Lipinski definition) is 2. The van der Waals surface area contributed by atoms with Crippen molar-refractivity contribution in [3.63, 3.8) is 0 Å². The molecule has 0 radical (unpaired) electrons. The number of anilines is 1. The highest BCUT2D eigenvalue weighted by Gasteiger charge is 2.23. The fourth-order valence-electron chi connectivity index (χ4n) is 3.12. The van der Waals surface area contributed by atoms with Crippen LogP contribution in [0, 0.1) is 5.92 Å². The predicted molar refractivity (Wildman–Crippen MR) is 97.6 cm³/mol. The second-order valence-electron chi connectivity index (χ2n) is 6.35. The number of benzene rings is 1. The van der Waals surface area contributed by atoms with Crippen LogP contribution >= 0.6 is 11.3 Å². The van der Waals surface area contributed by atoms with Gasteiger partial charge in [-0.3, -0.25) is 9.59 Å². The number of carbonyl (C=O) groups is 2. The second-order valence-corrected chi connectivity index (χ2v) is 7.30. The second kappa shape index (κ2) is 7.62. The van der Waals surface area contributed by atoms with Crippen LogP contribution in [-0.2, 0) is 0 Å². The predicted octanol–water partition coefficient (Wildman–Crippen LogP) is 4.31. The molecule has 2 atom stereocenters. The van der Waals surface area contributed by atoms with E-state index >= 15 is 0 Å². The molecule has 0 spiro atoms. The molecule has 5 heteroatoms. The van der Waals surface area contributed by atoms with E-state index in [-0.39, 0.29) is 17.9 Å². The monoisotopic (exact) mass is 342 g/mol. The quantitative estimate of drug-likeness (QED) is 0.870. The van der Waals surface area contributed by atoms with Crippen LogP contribution in [0.3, 0.4) is 0 Å². The number of amides is 2. The van der Waals surface area contributed by atoms with Gasteiger partial charge in [0.05, 0.1) is 4.88 Å². The summed E-state index contributed by atoms with van der Waals surface area (Å²) in [5, 5.41) is 7.85. The van der Waals surface area contributed by atoms with Crippen LogP contribution in [0.1, 0.15) is 52.6 Å². The van der Waals surface area contributed by atoms with Crippen molar-refractivity contribution in [2.24, 2.45) is 5.92 Å². The van der Waals surface area contributed by atoms with Crippen molar-refractivity contribution >= 4 is 28.8 Å². The number of hydrogen-bond acceptors (Lipinski definition) is 3. The zero-order valence-electron chi connectivity index (χ0n) is 13.7. The molecule has 2 N–H and O–H groups in total. The molecule has 1 aromatic heterocycles. The molecule has 4 nitrogen and oxygen atoms in total. The van der Waals surface area contributed by atoms with Crippen LogP contribution in [0.5, 0.6) is 0 Å². The summed E-state index contributed by atoms with van der Waals surface area (Å²) in [5.41, 5.74) is 1.22. The number of carbonyl (C=O) groups excluding carboxylic acids is 2. The van der Waals surface area contributed by atoms with Gasteiger partial charge in [-0.1, -0.05) is 31.9 Å². The van der Waals surface area contributed by atoms with E-state index in [0.29, 0.717) is 22.0 Å². The maximum atomic E-state index is 12.5. The molecule has 2 amide bonds. The topological polar surface area (TPSA) is 58.2 Å². The zero-order valence-corrected chi connectivity index (χ0v) is 14.6. The highest BCUT2D eigenvalue weighted by atomic mass is 32.1. The minimum Gasteiger partial charge on any atom is -0.349 e. The summed E-state index contributed by atoms with van der Waals surface area (Å²) in [5.74, 6) is 0.300. The van der Waals surface area contributed by atoms with E-state index in [1.807, 2.05) is 11.4 Å². The van der Waals surface area contributed by atoms with Gasteiger partial charge in [0.15, 0.2) is 0 Å². The first-order valence-corrected chi connectivity index (χ1v) is 9.27. The number of thiophene rings is 1. The van der Waals surface area contributed by atoms with Crippen LogP contribution in [-0.4, -0.2) is 17.9 Å². The van der Waals surface area contributed by atoms with Crippen LogP contribution in [0.2, 0.25) is 0 Å². The first-order chi connectivity index (χ1) is 11.6. The first-order valence-electron chi connectivity index (χ1n) is 8.39. The summed E-state index contributed by atoms with van der Waals surface area (Å²) in [6, 6.07) is 11.0. The van der Waals surface area contributed by atoms with Gasteiger partial charge in [0.25, 0.3) is 11.8 Å². The van der Waals surface area contributed by atoms with E-state index in [1.165, 1.54) is 30.6 Å². The van der Waals surface area contributed by atoms with Gasteiger partial charge in [0, 0.05) is 17.3 Å². The van der Waals surface area contributed by atoms with Gasteiger partial charge in [-0.25, -0.2) is 0 Å². The average Bonchev–Trinajstić information content (AvgIpc) is 3.12. The Morgan fingerprint density at radius 1 is 1.08 bits per heavy atom. The third-order valence-corrected chi connectivity index (χ3v) is 5.42. The highest BCUT2D eigenvalue weighted by Crippen LogP contribution is 2.24. The van der Waals surface area contributed by atoms with E-state index in [9.17, 15) is 9.59 Å². The van der Waals surface area contributed by atoms with Crippen LogP contribution in [0.4, 0.5) is 5.69 Å². The van der Waals surface area contributed by atoms with Gasteiger partial charge in [-0.05, 0) is 48.4 Å². The van der Waals surface area contributed by atoms with E-state index < -0.39 is 0 Å². The summed E-state index contributed by atoms with van der Waals surface area (Å²) in [6.07, 6.45) is 4.63. The Labute approximate surface area is 146 Å². The Kier molecular flexibility index (Phi) is 5.30. The van der Waals surface area contributed by atoms with Gasteiger partial charge >= 0.3 is 0 Å². The molecule has 1 aliphatic rings. The molecule has 2 aromatic rings. The van der Waals surface area contributed by atoms with Crippen LogP contribution < -0.4 is 10.6 Å². The summed E-state index contributed by atoms with van der Waals surface area (Å²) in [7, 11) is 0. The molecular weight excluding hydrogens is 320 g/mol. The van der Waals surface area contributed by atoms with Crippen molar-refractivity contribution < 1.29 is 9.59 Å². The van der Waals surface area contributed by atoms with Crippen molar-refractivity contribution in [1.82, 2.24) is 5.32 Å². The van der Waals surface area contributed by atoms with E-state index in [4.69, 9.17) is 0 Å². The van der Waals surface area contributed by atoms with Gasteiger partial charge in [-0.2, -0.15) is 0 Å². The van der Waals surface area contributed by atoms with E-state index in [2.05, 4.69) is 17.6 Å². The van der Waals surface area contributed by atoms with Crippen molar-refractivity contribution in [1.29, 1.82) is 0 Å². The lowest BCUT2D eigenvalue weighted by Gasteiger charge is -2.29. The van der Waals surface area contributed by atoms with Gasteiger partial charge in [0.2, 0.25) is 0 Å². The van der Waals surface area contributed by atoms with Gasteiger partial charge in [-0.15, -0.1) is 11.3 Å². The Balaban J connectivity index is 1.66. The number of nitrogens with one attached hydrogen (secondary N) is 2. The summed E-state index contributed by atoms with van der Waals surface area (Å²) >= 11 is 1.39. The lowest BCUT2D eigenvalue weighted by atomic mass is 9.86. The third kappa shape index (κ3) is 4.03. The molecule has 1 aromatic carbocycles. The molecule has 0 bridgehead atoms. The van der Waals surface area contributed by atoms with Crippen molar-refractivity contribution in [2.75, 3.05) is 5.32 Å². The maximum absolute atomic E-state index is 12.5. The summed E-state index contributed by atoms with van der Waals surface area (Å²) in [6.45, 7) is 2.20. The smallest absolute Gasteiger partial charge is 0.265 e. The Bertz CT molecular complexity index is 712. The lowest BCUT2D eigenvalue weighted by molar-refractivity contribution is 0.0909. The average molecular weight is 342 g/mol. The largest absolute Gasteiger partial charge is 0.349 e. The van der Waals surface area contributed by atoms with Crippen LogP contribution in [0.15, 0.2) is 41.8 Å². The molecule has 1 saturated carbocycles. The zero-order chi connectivity index (χ0) is 16.9. The van der Waals surface area contributed by atoms with E-state index in [0.717, 1.165) is 6.42 Å².